The number of imidazole rings is 1. The zero-order valence-corrected chi connectivity index (χ0v) is 17.8. The van der Waals surface area contributed by atoms with Gasteiger partial charge in [0.1, 0.15) is 11.3 Å². The molecule has 2 heterocycles. The van der Waals surface area contributed by atoms with Crippen molar-refractivity contribution in [2.24, 2.45) is 0 Å². The quantitative estimate of drug-likeness (QED) is 0.324. The van der Waals surface area contributed by atoms with Gasteiger partial charge in [-0.1, -0.05) is 43.7 Å². The van der Waals surface area contributed by atoms with Gasteiger partial charge in [0.2, 0.25) is 0 Å². The van der Waals surface area contributed by atoms with Gasteiger partial charge >= 0.3 is 0 Å². The number of ether oxygens (including phenoxy) is 2. The van der Waals surface area contributed by atoms with Gasteiger partial charge in [-0.25, -0.2) is 4.98 Å². The van der Waals surface area contributed by atoms with Gasteiger partial charge < -0.3 is 14.0 Å². The van der Waals surface area contributed by atoms with Crippen molar-refractivity contribution in [3.63, 3.8) is 0 Å². The second kappa shape index (κ2) is 9.72. The number of aromatic nitrogens is 3. The summed E-state index contributed by atoms with van der Waals surface area (Å²) in [5.41, 5.74) is 4.26. The second-order valence-corrected chi connectivity index (χ2v) is 7.52. The van der Waals surface area contributed by atoms with Crippen molar-refractivity contribution in [1.29, 1.82) is 0 Å². The van der Waals surface area contributed by atoms with Gasteiger partial charge in [-0.3, -0.25) is 4.98 Å². The van der Waals surface area contributed by atoms with E-state index in [9.17, 15) is 0 Å². The smallest absolute Gasteiger partial charge is 0.119 e. The highest BCUT2D eigenvalue weighted by Crippen LogP contribution is 2.27. The molecule has 0 radical (unpaired) electrons. The van der Waals surface area contributed by atoms with Crippen molar-refractivity contribution in [3.8, 4) is 5.75 Å². The van der Waals surface area contributed by atoms with Crippen LogP contribution in [0.3, 0.4) is 0 Å². The first-order chi connectivity index (χ1) is 14.8. The summed E-state index contributed by atoms with van der Waals surface area (Å²) in [7, 11) is 0. The van der Waals surface area contributed by atoms with Crippen LogP contribution >= 0.6 is 0 Å². The molecule has 0 aliphatic heterocycles. The molecule has 0 unspecified atom stereocenters. The van der Waals surface area contributed by atoms with Gasteiger partial charge in [-0.15, -0.1) is 0 Å². The third-order valence-electron chi connectivity index (χ3n) is 5.38. The number of hydrogen-bond donors (Lipinski definition) is 0. The molecule has 0 spiro atoms. The summed E-state index contributed by atoms with van der Waals surface area (Å²) in [4.78, 5) is 9.17. The number of benzene rings is 2. The van der Waals surface area contributed by atoms with Crippen molar-refractivity contribution in [2.45, 2.75) is 39.2 Å². The second-order valence-electron chi connectivity index (χ2n) is 7.52. The molecule has 0 saturated carbocycles. The van der Waals surface area contributed by atoms with E-state index < -0.39 is 0 Å². The van der Waals surface area contributed by atoms with E-state index in [-0.39, 0.29) is 6.04 Å². The maximum atomic E-state index is 5.85. The first-order valence-electron chi connectivity index (χ1n) is 10.8. The molecule has 4 aromatic rings. The predicted octanol–water partition coefficient (Wildman–Crippen LogP) is 5.58. The highest BCUT2D eigenvalue weighted by Gasteiger charge is 2.17. The van der Waals surface area contributed by atoms with Crippen molar-refractivity contribution < 1.29 is 9.47 Å². The molecular formula is C25H29N3O2. The number of fused-ring (bicyclic) bond motifs is 3. The molecule has 0 bridgehead atoms. The van der Waals surface area contributed by atoms with E-state index in [1.807, 2.05) is 31.6 Å². The van der Waals surface area contributed by atoms with Crippen LogP contribution in [0.4, 0.5) is 0 Å². The lowest BCUT2D eigenvalue weighted by molar-refractivity contribution is 0.114. The minimum Gasteiger partial charge on any atom is -0.494 e. The Labute approximate surface area is 177 Å². The van der Waals surface area contributed by atoms with Gasteiger partial charge in [-0.05, 0) is 43.5 Å². The fourth-order valence-electron chi connectivity index (χ4n) is 3.76. The molecule has 2 aromatic heterocycles. The number of nitrogens with zero attached hydrogens (tertiary/aromatic N) is 3. The minimum atomic E-state index is 0.146. The summed E-state index contributed by atoms with van der Waals surface area (Å²) in [6.45, 7) is 6.29. The van der Waals surface area contributed by atoms with Crippen LogP contribution in [0, 0.1) is 0 Å². The molecule has 30 heavy (non-hydrogen) atoms. The lowest BCUT2D eigenvalue weighted by Gasteiger charge is -2.20. The summed E-state index contributed by atoms with van der Waals surface area (Å²) >= 11 is 0. The molecule has 1 atom stereocenters. The molecule has 0 fully saturated rings. The van der Waals surface area contributed by atoms with E-state index in [1.54, 1.807) is 0 Å². The predicted molar refractivity (Wildman–Crippen MR) is 121 cm³/mol. The summed E-state index contributed by atoms with van der Waals surface area (Å²) in [5.74, 6) is 0.929. The zero-order valence-electron chi connectivity index (χ0n) is 17.8. The third kappa shape index (κ3) is 4.46. The number of unbranched alkanes of at least 4 members (excludes halogenated alkanes) is 1. The fraction of sp³-hybridized carbons (Fsp3) is 0.360. The molecule has 0 amide bonds. The van der Waals surface area contributed by atoms with E-state index >= 15 is 0 Å². The van der Waals surface area contributed by atoms with E-state index in [2.05, 4.69) is 57.9 Å². The number of hydrogen-bond acceptors (Lipinski definition) is 4. The molecule has 0 N–H and O–H groups in total. The summed E-state index contributed by atoms with van der Waals surface area (Å²) < 4.78 is 13.9. The summed E-state index contributed by atoms with van der Waals surface area (Å²) in [6.07, 6.45) is 6.85. The van der Waals surface area contributed by atoms with E-state index in [0.29, 0.717) is 13.2 Å². The van der Waals surface area contributed by atoms with Crippen LogP contribution in [0.5, 0.6) is 5.75 Å². The maximum absolute atomic E-state index is 5.85. The third-order valence-corrected chi connectivity index (χ3v) is 5.38. The van der Waals surface area contributed by atoms with E-state index in [4.69, 9.17) is 9.47 Å². The minimum absolute atomic E-state index is 0.146. The zero-order chi connectivity index (χ0) is 20.8. The van der Waals surface area contributed by atoms with Crippen LogP contribution in [0.15, 0.2) is 61.1 Å². The molecule has 0 aliphatic carbocycles. The summed E-state index contributed by atoms with van der Waals surface area (Å²) in [6, 6.07) is 16.8. The largest absolute Gasteiger partial charge is 0.494 e. The lowest BCUT2D eigenvalue weighted by atomic mass is 10.1. The Kier molecular flexibility index (Phi) is 6.60. The van der Waals surface area contributed by atoms with Crippen LogP contribution in [0.1, 0.15) is 38.3 Å². The molecule has 2 aromatic carbocycles. The van der Waals surface area contributed by atoms with Crippen molar-refractivity contribution in [1.82, 2.24) is 14.5 Å². The van der Waals surface area contributed by atoms with Crippen LogP contribution in [-0.2, 0) is 11.2 Å². The van der Waals surface area contributed by atoms with Crippen molar-refractivity contribution in [3.05, 3.63) is 66.6 Å². The van der Waals surface area contributed by atoms with Crippen molar-refractivity contribution in [2.75, 3.05) is 19.8 Å². The molecule has 5 heteroatoms. The van der Waals surface area contributed by atoms with E-state index in [0.717, 1.165) is 53.6 Å². The normalized spacial score (nSPS) is 12.5. The molecule has 156 valence electrons. The van der Waals surface area contributed by atoms with Crippen LogP contribution < -0.4 is 4.74 Å². The van der Waals surface area contributed by atoms with Gasteiger partial charge in [-0.2, -0.15) is 0 Å². The molecule has 4 rings (SSSR count). The van der Waals surface area contributed by atoms with Crippen LogP contribution in [0.2, 0.25) is 0 Å². The van der Waals surface area contributed by atoms with Gasteiger partial charge in [0.15, 0.2) is 0 Å². The van der Waals surface area contributed by atoms with E-state index in [1.165, 1.54) is 5.56 Å². The van der Waals surface area contributed by atoms with Crippen molar-refractivity contribution >= 4 is 21.9 Å². The highest BCUT2D eigenvalue weighted by atomic mass is 16.5. The summed E-state index contributed by atoms with van der Waals surface area (Å²) in [5, 5.41) is 1.12. The average Bonchev–Trinajstić information content (AvgIpc) is 3.22. The number of rotatable bonds is 10. The fourth-order valence-corrected chi connectivity index (χ4v) is 3.76. The lowest BCUT2D eigenvalue weighted by Crippen LogP contribution is -2.18. The standard InChI is InChI=1S/C25H29N3O2/c1-3-5-14-30-21-12-10-19(11-13-21)15-20(17-29-4-2)28-18-27-24-16-26-23-9-7-6-8-22(23)25(24)28/h6-13,16,18,20H,3-5,14-15,17H2,1-2H3/t20-/m0/s1. The highest BCUT2D eigenvalue weighted by molar-refractivity contribution is 6.02. The number of pyridine rings is 1. The maximum Gasteiger partial charge on any atom is 0.119 e. The Bertz CT molecular complexity index is 1090. The van der Waals surface area contributed by atoms with Crippen LogP contribution in [-0.4, -0.2) is 34.4 Å². The first-order valence-corrected chi connectivity index (χ1v) is 10.8. The Balaban J connectivity index is 1.62. The van der Waals surface area contributed by atoms with Gasteiger partial charge in [0.05, 0.1) is 42.8 Å². The van der Waals surface area contributed by atoms with Crippen LogP contribution in [0.25, 0.3) is 21.9 Å². The molecular weight excluding hydrogens is 374 g/mol. The molecule has 0 aliphatic rings. The Morgan fingerprint density at radius 3 is 2.60 bits per heavy atom. The monoisotopic (exact) mass is 403 g/mol. The SMILES string of the molecule is CCCCOc1ccc(C[C@@H](COCC)n2cnc3cnc4ccccc4c32)cc1. The Hall–Kier alpha value is -2.92. The number of para-hydroxylation sites is 1. The Morgan fingerprint density at radius 2 is 1.80 bits per heavy atom. The topological polar surface area (TPSA) is 49.2 Å². The van der Waals surface area contributed by atoms with Gasteiger partial charge in [0.25, 0.3) is 0 Å². The van der Waals surface area contributed by atoms with Gasteiger partial charge in [0, 0.05) is 12.0 Å². The molecule has 0 saturated heterocycles. The first kappa shape index (κ1) is 20.4. The molecule has 5 nitrogen and oxygen atoms in total. The average molecular weight is 404 g/mol. The Morgan fingerprint density at radius 1 is 0.967 bits per heavy atom.